The third kappa shape index (κ3) is 1.71. The molecule has 1 radical (unpaired) electrons. The van der Waals surface area contributed by atoms with Gasteiger partial charge in [-0.3, -0.25) is 0 Å². The van der Waals surface area contributed by atoms with Crippen molar-refractivity contribution in [3.63, 3.8) is 0 Å². The normalized spacial score (nSPS) is 14.8. The van der Waals surface area contributed by atoms with Crippen molar-refractivity contribution in [2.75, 3.05) is 9.62 Å². The van der Waals surface area contributed by atoms with E-state index in [0.717, 1.165) is 0 Å². The molecule has 0 aliphatic carbocycles. The Bertz CT molecular complexity index is 316. The Morgan fingerprint density at radius 2 is 1.27 bits per heavy atom. The molecule has 1 heterocycles. The van der Waals surface area contributed by atoms with E-state index in [1.807, 2.05) is 0 Å². The van der Waals surface area contributed by atoms with Gasteiger partial charge in [-0.2, -0.15) is 0 Å². The third-order valence-electron chi connectivity index (χ3n) is 2.80. The van der Waals surface area contributed by atoms with E-state index in [1.54, 1.807) is 0 Å². The van der Waals surface area contributed by atoms with Crippen LogP contribution < -0.4 is 9.62 Å². The smallest absolute Gasteiger partial charge is 0.391 e. The molecule has 1 aromatic carbocycles. The fourth-order valence-electron chi connectivity index (χ4n) is 1.98. The Balaban J connectivity index is 2.39. The molecule has 15 heavy (non-hydrogen) atoms. The fraction of sp³-hybridized carbons (Fsp3) is 0.500. The van der Waals surface area contributed by atoms with Crippen LogP contribution in [-0.4, -0.2) is 19.6 Å². The van der Waals surface area contributed by atoms with Crippen LogP contribution in [0.2, 0.25) is 0 Å². The highest BCUT2D eigenvalue weighted by Crippen LogP contribution is 2.36. The van der Waals surface area contributed by atoms with Gasteiger partial charge in [0, 0.05) is 23.5 Å². The van der Waals surface area contributed by atoms with Gasteiger partial charge in [-0.05, 0) is 39.8 Å². The molecule has 2 nitrogen and oxygen atoms in total. The van der Waals surface area contributed by atoms with Crippen molar-refractivity contribution in [2.24, 2.45) is 0 Å². The van der Waals surface area contributed by atoms with Gasteiger partial charge in [0.05, 0.1) is 0 Å². The Morgan fingerprint density at radius 1 is 0.867 bits per heavy atom. The average molecular weight is 201 g/mol. The van der Waals surface area contributed by atoms with Gasteiger partial charge in [0.2, 0.25) is 0 Å². The quantitative estimate of drug-likeness (QED) is 0.678. The summed E-state index contributed by atoms with van der Waals surface area (Å²) in [7, 11) is 2.22. The predicted octanol–water partition coefficient (Wildman–Crippen LogP) is 2.66. The summed E-state index contributed by atoms with van der Waals surface area (Å²) in [5.41, 5.74) is 2.64. The largest absolute Gasteiger partial charge is 0.395 e. The molecule has 0 fully saturated rings. The van der Waals surface area contributed by atoms with Crippen LogP contribution in [0.4, 0.5) is 11.4 Å². The minimum absolute atomic E-state index is 0.509. The molecular weight excluding hydrogens is 183 g/mol. The van der Waals surface area contributed by atoms with Gasteiger partial charge >= 0.3 is 7.55 Å². The molecule has 0 bridgehead atoms. The summed E-state index contributed by atoms with van der Waals surface area (Å²) in [6, 6.07) is 9.60. The molecule has 2 rings (SSSR count). The van der Waals surface area contributed by atoms with Crippen molar-refractivity contribution in [3.05, 3.63) is 24.3 Å². The van der Waals surface area contributed by atoms with Crippen LogP contribution in [-0.2, 0) is 0 Å². The van der Waals surface area contributed by atoms with Crippen molar-refractivity contribution >= 4 is 18.9 Å². The summed E-state index contributed by atoms with van der Waals surface area (Å²) >= 11 is 0. The van der Waals surface area contributed by atoms with E-state index in [0.29, 0.717) is 12.1 Å². The van der Waals surface area contributed by atoms with Crippen LogP contribution in [0.15, 0.2) is 24.3 Å². The first-order chi connectivity index (χ1) is 7.11. The van der Waals surface area contributed by atoms with Crippen molar-refractivity contribution in [2.45, 2.75) is 39.8 Å². The number of hydrogen-bond acceptors (Lipinski definition) is 2. The lowest BCUT2D eigenvalue weighted by Crippen LogP contribution is -2.42. The van der Waals surface area contributed by atoms with Gasteiger partial charge in [-0.15, -0.1) is 0 Å². The fourth-order valence-corrected chi connectivity index (χ4v) is 1.98. The third-order valence-corrected chi connectivity index (χ3v) is 2.80. The van der Waals surface area contributed by atoms with Crippen LogP contribution >= 0.6 is 0 Å². The Morgan fingerprint density at radius 3 is 1.60 bits per heavy atom. The average Bonchev–Trinajstić information content (AvgIpc) is 2.56. The van der Waals surface area contributed by atoms with Gasteiger partial charge in [-0.25, -0.2) is 0 Å². The number of para-hydroxylation sites is 2. The number of anilines is 2. The van der Waals surface area contributed by atoms with Crippen molar-refractivity contribution in [1.82, 2.24) is 0 Å². The number of hydrogen-bond donors (Lipinski definition) is 0. The van der Waals surface area contributed by atoms with E-state index in [9.17, 15) is 0 Å². The van der Waals surface area contributed by atoms with E-state index >= 15 is 0 Å². The highest BCUT2D eigenvalue weighted by molar-refractivity contribution is 6.51. The van der Waals surface area contributed by atoms with Crippen molar-refractivity contribution in [3.8, 4) is 0 Å². The number of nitrogens with zero attached hydrogens (tertiary/aromatic N) is 2. The maximum absolute atomic E-state index is 2.33. The number of fused-ring (bicyclic) bond motifs is 1. The summed E-state index contributed by atoms with van der Waals surface area (Å²) < 4.78 is 0. The Kier molecular flexibility index (Phi) is 2.64. The lowest BCUT2D eigenvalue weighted by Gasteiger charge is -2.25. The van der Waals surface area contributed by atoms with Crippen molar-refractivity contribution in [1.29, 1.82) is 0 Å². The lowest BCUT2D eigenvalue weighted by atomic mass is 10.0. The molecule has 0 unspecified atom stereocenters. The number of benzene rings is 1. The minimum Gasteiger partial charge on any atom is -0.395 e. The highest BCUT2D eigenvalue weighted by Gasteiger charge is 2.30. The molecule has 1 aromatic rings. The van der Waals surface area contributed by atoms with Crippen LogP contribution in [0.5, 0.6) is 0 Å². The summed E-state index contributed by atoms with van der Waals surface area (Å²) in [5.74, 6) is 0. The van der Waals surface area contributed by atoms with E-state index < -0.39 is 0 Å². The topological polar surface area (TPSA) is 6.48 Å². The standard InChI is InChI=1S/C12H18BN2/c1-9(2)14-11-7-5-6-8-12(11)15(13-14)10(3)4/h5-10H,1-4H3. The van der Waals surface area contributed by atoms with Gasteiger partial charge in [0.1, 0.15) is 0 Å². The molecule has 0 N–H and O–H groups in total. The first kappa shape index (κ1) is 10.4. The molecule has 0 saturated heterocycles. The molecule has 0 spiro atoms. The monoisotopic (exact) mass is 201 g/mol. The maximum Gasteiger partial charge on any atom is 0.391 e. The van der Waals surface area contributed by atoms with Crippen LogP contribution in [0, 0.1) is 0 Å². The van der Waals surface area contributed by atoms with E-state index in [2.05, 4.69) is 69.1 Å². The maximum atomic E-state index is 2.33. The molecular formula is C12H18BN2. The number of rotatable bonds is 2. The molecule has 0 saturated carbocycles. The SMILES string of the molecule is CC(C)N1[B]N(C(C)C)c2ccccc21. The first-order valence-corrected chi connectivity index (χ1v) is 5.62. The first-order valence-electron chi connectivity index (χ1n) is 5.62. The summed E-state index contributed by atoms with van der Waals surface area (Å²) in [5, 5.41) is 0. The van der Waals surface area contributed by atoms with Crippen LogP contribution in [0.25, 0.3) is 0 Å². The van der Waals surface area contributed by atoms with E-state index in [1.165, 1.54) is 11.4 Å². The van der Waals surface area contributed by atoms with Gasteiger partial charge in [-0.1, -0.05) is 12.1 Å². The van der Waals surface area contributed by atoms with Crippen molar-refractivity contribution < 1.29 is 0 Å². The zero-order valence-electron chi connectivity index (χ0n) is 9.94. The molecule has 0 amide bonds. The zero-order chi connectivity index (χ0) is 11.0. The molecule has 0 atom stereocenters. The second kappa shape index (κ2) is 3.80. The molecule has 0 aromatic heterocycles. The Hall–Kier alpha value is -1.12. The van der Waals surface area contributed by atoms with Gasteiger partial charge < -0.3 is 9.62 Å². The van der Waals surface area contributed by atoms with Crippen LogP contribution in [0.3, 0.4) is 0 Å². The van der Waals surface area contributed by atoms with E-state index in [4.69, 9.17) is 0 Å². The van der Waals surface area contributed by atoms with Crippen LogP contribution in [0.1, 0.15) is 27.7 Å². The second-order valence-corrected chi connectivity index (χ2v) is 4.61. The van der Waals surface area contributed by atoms with Gasteiger partial charge in [0.25, 0.3) is 0 Å². The van der Waals surface area contributed by atoms with E-state index in [-0.39, 0.29) is 0 Å². The molecule has 79 valence electrons. The Labute approximate surface area is 93.2 Å². The highest BCUT2D eigenvalue weighted by atomic mass is 15.3. The molecule has 3 heteroatoms. The second-order valence-electron chi connectivity index (χ2n) is 4.61. The molecule has 1 aliphatic heterocycles. The summed E-state index contributed by atoms with van der Waals surface area (Å²) in [6.45, 7) is 8.88. The minimum atomic E-state index is 0.509. The zero-order valence-corrected chi connectivity index (χ0v) is 9.94. The summed E-state index contributed by atoms with van der Waals surface area (Å²) in [6.07, 6.45) is 0. The molecule has 1 aliphatic rings. The summed E-state index contributed by atoms with van der Waals surface area (Å²) in [4.78, 5) is 4.66. The predicted molar refractivity (Wildman–Crippen MR) is 67.4 cm³/mol. The lowest BCUT2D eigenvalue weighted by molar-refractivity contribution is 0.809. The van der Waals surface area contributed by atoms with Gasteiger partial charge in [0.15, 0.2) is 0 Å².